The number of hydrogen-bond acceptors (Lipinski definition) is 5. The van der Waals surface area contributed by atoms with E-state index in [0.717, 1.165) is 61.7 Å². The van der Waals surface area contributed by atoms with Crippen molar-refractivity contribution in [3.8, 4) is 0 Å². The minimum atomic E-state index is -0.250. The van der Waals surface area contributed by atoms with Gasteiger partial charge in [-0.25, -0.2) is 9.97 Å². The molecule has 1 aromatic carbocycles. The second-order valence-electron chi connectivity index (χ2n) is 6.17. The highest BCUT2D eigenvalue weighted by atomic mass is 16.3. The maximum atomic E-state index is 9.47. The van der Waals surface area contributed by atoms with Gasteiger partial charge >= 0.3 is 0 Å². The number of aliphatic hydroxyl groups excluding tert-OH is 1. The molecule has 0 spiro atoms. The van der Waals surface area contributed by atoms with Crippen LogP contribution in [0.25, 0.3) is 11.0 Å². The predicted octanol–water partition coefficient (Wildman–Crippen LogP) is 1.44. The summed E-state index contributed by atoms with van der Waals surface area (Å²) < 4.78 is 0. The number of fused-ring (bicyclic) bond motifs is 1. The number of aliphatic hydroxyl groups is 1. The van der Waals surface area contributed by atoms with Crippen LogP contribution in [0, 0.1) is 6.92 Å². The molecule has 1 aromatic heterocycles. The maximum absolute atomic E-state index is 9.47. The molecule has 2 heterocycles. The number of aromatic nitrogens is 2. The molecule has 1 aliphatic rings. The lowest BCUT2D eigenvalue weighted by molar-refractivity contribution is 0.0775. The van der Waals surface area contributed by atoms with Gasteiger partial charge in [-0.1, -0.05) is 12.1 Å². The highest BCUT2D eigenvalue weighted by molar-refractivity contribution is 5.74. The number of rotatable bonds is 4. The van der Waals surface area contributed by atoms with E-state index < -0.39 is 0 Å². The number of para-hydroxylation sites is 2. The van der Waals surface area contributed by atoms with Gasteiger partial charge in [0.1, 0.15) is 0 Å². The third-order valence-corrected chi connectivity index (χ3v) is 4.20. The fraction of sp³-hybridized carbons (Fsp3) is 0.529. The van der Waals surface area contributed by atoms with Crippen LogP contribution in [-0.4, -0.2) is 63.7 Å². The predicted molar refractivity (Wildman–Crippen MR) is 87.7 cm³/mol. The smallest absolute Gasteiger partial charge is 0.0890 e. The van der Waals surface area contributed by atoms with Gasteiger partial charge in [0.25, 0.3) is 0 Å². The van der Waals surface area contributed by atoms with Gasteiger partial charge in [0.2, 0.25) is 0 Å². The number of nitrogens with zero attached hydrogens (tertiary/aromatic N) is 4. The van der Waals surface area contributed by atoms with Crippen molar-refractivity contribution in [2.45, 2.75) is 26.5 Å². The highest BCUT2D eigenvalue weighted by Gasteiger charge is 2.19. The Kier molecular flexibility index (Phi) is 4.66. The fourth-order valence-corrected chi connectivity index (χ4v) is 2.99. The third-order valence-electron chi connectivity index (χ3n) is 4.20. The van der Waals surface area contributed by atoms with Crippen molar-refractivity contribution in [2.24, 2.45) is 0 Å². The number of aryl methyl sites for hydroxylation is 1. The first-order valence-corrected chi connectivity index (χ1v) is 7.97. The van der Waals surface area contributed by atoms with Crippen molar-refractivity contribution in [1.82, 2.24) is 19.8 Å². The number of piperazine rings is 1. The Hall–Kier alpha value is -1.56. The molecule has 0 bridgehead atoms. The van der Waals surface area contributed by atoms with Crippen LogP contribution in [0.4, 0.5) is 0 Å². The summed E-state index contributed by atoms with van der Waals surface area (Å²) in [5, 5.41) is 9.47. The number of β-amino-alcohol motifs (C(OH)–C–C–N with tert-alkyl or cyclic N) is 1. The van der Waals surface area contributed by atoms with E-state index in [1.54, 1.807) is 0 Å². The van der Waals surface area contributed by atoms with E-state index >= 15 is 0 Å². The van der Waals surface area contributed by atoms with Crippen molar-refractivity contribution in [2.75, 3.05) is 32.7 Å². The zero-order valence-electron chi connectivity index (χ0n) is 13.4. The molecule has 5 nitrogen and oxygen atoms in total. The standard InChI is InChI=1S/C17H24N4O/c1-13(22)11-20-7-9-21(10-8-20)12-17-14(2)18-15-5-3-4-6-16(15)19-17/h3-6,13,22H,7-12H2,1-2H3/t13-/m1/s1. The van der Waals surface area contributed by atoms with Crippen molar-refractivity contribution < 1.29 is 5.11 Å². The molecule has 0 aliphatic carbocycles. The lowest BCUT2D eigenvalue weighted by Crippen LogP contribution is -2.47. The Morgan fingerprint density at radius 2 is 1.64 bits per heavy atom. The number of hydrogen-bond donors (Lipinski definition) is 1. The topological polar surface area (TPSA) is 52.5 Å². The minimum Gasteiger partial charge on any atom is -0.392 e. The van der Waals surface area contributed by atoms with Crippen molar-refractivity contribution >= 4 is 11.0 Å². The molecular weight excluding hydrogens is 276 g/mol. The fourth-order valence-electron chi connectivity index (χ4n) is 2.99. The van der Waals surface area contributed by atoms with Crippen molar-refractivity contribution in [3.63, 3.8) is 0 Å². The van der Waals surface area contributed by atoms with Crippen LogP contribution < -0.4 is 0 Å². The average molecular weight is 300 g/mol. The van der Waals surface area contributed by atoms with E-state index in [1.807, 2.05) is 38.1 Å². The van der Waals surface area contributed by atoms with Crippen LogP contribution in [0.2, 0.25) is 0 Å². The number of benzene rings is 1. The monoisotopic (exact) mass is 300 g/mol. The molecule has 0 amide bonds. The Morgan fingerprint density at radius 3 is 2.27 bits per heavy atom. The van der Waals surface area contributed by atoms with Crippen molar-refractivity contribution in [1.29, 1.82) is 0 Å². The first-order chi connectivity index (χ1) is 10.6. The van der Waals surface area contributed by atoms with Gasteiger partial charge in [-0.2, -0.15) is 0 Å². The molecule has 2 aromatic rings. The lowest BCUT2D eigenvalue weighted by Gasteiger charge is -2.35. The Bertz CT molecular complexity index is 636. The van der Waals surface area contributed by atoms with Crippen LogP contribution in [0.3, 0.4) is 0 Å². The molecular formula is C17H24N4O. The largest absolute Gasteiger partial charge is 0.392 e. The molecule has 0 radical (unpaired) electrons. The summed E-state index contributed by atoms with van der Waals surface area (Å²) in [6.45, 7) is 9.55. The average Bonchev–Trinajstić information content (AvgIpc) is 2.49. The first kappa shape index (κ1) is 15.3. The molecule has 1 fully saturated rings. The molecule has 0 saturated carbocycles. The molecule has 22 heavy (non-hydrogen) atoms. The summed E-state index contributed by atoms with van der Waals surface area (Å²) >= 11 is 0. The van der Waals surface area contributed by atoms with E-state index in [-0.39, 0.29) is 6.10 Å². The van der Waals surface area contributed by atoms with E-state index in [1.165, 1.54) is 0 Å². The molecule has 0 unspecified atom stereocenters. The Balaban J connectivity index is 1.65. The lowest BCUT2D eigenvalue weighted by atomic mass is 10.2. The van der Waals surface area contributed by atoms with Crippen LogP contribution in [0.15, 0.2) is 24.3 Å². The van der Waals surface area contributed by atoms with Gasteiger partial charge in [-0.05, 0) is 26.0 Å². The van der Waals surface area contributed by atoms with Gasteiger partial charge in [0.05, 0.1) is 28.5 Å². The third kappa shape index (κ3) is 3.61. The van der Waals surface area contributed by atoms with E-state index in [4.69, 9.17) is 4.98 Å². The molecule has 1 N–H and O–H groups in total. The van der Waals surface area contributed by atoms with Crippen LogP contribution in [-0.2, 0) is 6.54 Å². The van der Waals surface area contributed by atoms with Gasteiger partial charge in [-0.15, -0.1) is 0 Å². The highest BCUT2D eigenvalue weighted by Crippen LogP contribution is 2.15. The molecule has 5 heteroatoms. The molecule has 1 aliphatic heterocycles. The summed E-state index contributed by atoms with van der Waals surface area (Å²) in [5.74, 6) is 0. The summed E-state index contributed by atoms with van der Waals surface area (Å²) in [6.07, 6.45) is -0.250. The maximum Gasteiger partial charge on any atom is 0.0890 e. The van der Waals surface area contributed by atoms with Gasteiger partial charge in [0, 0.05) is 39.3 Å². The second kappa shape index (κ2) is 6.69. The van der Waals surface area contributed by atoms with Crippen LogP contribution in [0.1, 0.15) is 18.3 Å². The zero-order chi connectivity index (χ0) is 15.5. The Labute approximate surface area is 131 Å². The summed E-state index contributed by atoms with van der Waals surface area (Å²) in [6, 6.07) is 8.03. The van der Waals surface area contributed by atoms with E-state index in [0.29, 0.717) is 0 Å². The SMILES string of the molecule is Cc1nc2ccccc2nc1CN1CCN(C[C@@H](C)O)CC1. The summed E-state index contributed by atoms with van der Waals surface area (Å²) in [4.78, 5) is 14.2. The first-order valence-electron chi connectivity index (χ1n) is 7.97. The molecule has 1 saturated heterocycles. The summed E-state index contributed by atoms with van der Waals surface area (Å²) in [7, 11) is 0. The van der Waals surface area contributed by atoms with E-state index in [2.05, 4.69) is 14.8 Å². The minimum absolute atomic E-state index is 0.250. The second-order valence-corrected chi connectivity index (χ2v) is 6.17. The van der Waals surface area contributed by atoms with E-state index in [9.17, 15) is 5.11 Å². The molecule has 118 valence electrons. The molecule has 1 atom stereocenters. The quantitative estimate of drug-likeness (QED) is 0.926. The van der Waals surface area contributed by atoms with Crippen LogP contribution >= 0.6 is 0 Å². The van der Waals surface area contributed by atoms with Gasteiger partial charge < -0.3 is 5.11 Å². The zero-order valence-corrected chi connectivity index (χ0v) is 13.4. The van der Waals surface area contributed by atoms with Gasteiger partial charge in [0.15, 0.2) is 0 Å². The van der Waals surface area contributed by atoms with Gasteiger partial charge in [-0.3, -0.25) is 9.80 Å². The summed E-state index contributed by atoms with van der Waals surface area (Å²) in [5.41, 5.74) is 4.02. The Morgan fingerprint density at radius 1 is 1.05 bits per heavy atom. The molecule has 3 rings (SSSR count). The normalized spacial score (nSPS) is 18.7. The van der Waals surface area contributed by atoms with Crippen molar-refractivity contribution in [3.05, 3.63) is 35.7 Å². The van der Waals surface area contributed by atoms with Crippen LogP contribution in [0.5, 0.6) is 0 Å².